The van der Waals surface area contributed by atoms with Crippen molar-refractivity contribution in [1.29, 1.82) is 0 Å². The van der Waals surface area contributed by atoms with Gasteiger partial charge in [0.15, 0.2) is 5.96 Å². The molecule has 0 spiro atoms. The predicted octanol–water partition coefficient (Wildman–Crippen LogP) is 2.37. The van der Waals surface area contributed by atoms with Gasteiger partial charge >= 0.3 is 0 Å². The van der Waals surface area contributed by atoms with Gasteiger partial charge in [0, 0.05) is 31.8 Å². The molecule has 3 aliphatic heterocycles. The Bertz CT molecular complexity index is 653. The van der Waals surface area contributed by atoms with Gasteiger partial charge in [-0.15, -0.1) is 24.0 Å². The summed E-state index contributed by atoms with van der Waals surface area (Å²) >= 11 is 2.05. The maximum atomic E-state index is 6.06. The zero-order valence-electron chi connectivity index (χ0n) is 17.2. The lowest BCUT2D eigenvalue weighted by molar-refractivity contribution is -0.0104. The summed E-state index contributed by atoms with van der Waals surface area (Å²) in [5.74, 6) is 4.30. The molecule has 2 saturated heterocycles. The van der Waals surface area contributed by atoms with Gasteiger partial charge < -0.3 is 20.1 Å². The van der Waals surface area contributed by atoms with Gasteiger partial charge in [0.1, 0.15) is 11.9 Å². The Morgan fingerprint density at radius 1 is 1.28 bits per heavy atom. The second-order valence-electron chi connectivity index (χ2n) is 7.75. The average Bonchev–Trinajstić information content (AvgIpc) is 3.38. The van der Waals surface area contributed by atoms with Crippen molar-refractivity contribution in [2.24, 2.45) is 4.99 Å². The summed E-state index contributed by atoms with van der Waals surface area (Å²) < 4.78 is 11.6. The molecule has 2 fully saturated rings. The van der Waals surface area contributed by atoms with Crippen LogP contribution in [0.2, 0.25) is 0 Å². The fourth-order valence-corrected chi connectivity index (χ4v) is 5.72. The number of hydrogen-bond acceptors (Lipinski definition) is 5. The van der Waals surface area contributed by atoms with Gasteiger partial charge in [-0.3, -0.25) is 9.89 Å². The van der Waals surface area contributed by atoms with E-state index in [2.05, 4.69) is 52.4 Å². The molecule has 0 aromatic heterocycles. The number of guanidine groups is 1. The molecule has 1 aromatic carbocycles. The summed E-state index contributed by atoms with van der Waals surface area (Å²) in [4.78, 5) is 7.61. The summed E-state index contributed by atoms with van der Waals surface area (Å²) in [6.45, 7) is 8.30. The molecule has 6 nitrogen and oxygen atoms in total. The number of nitrogens with zero attached hydrogens (tertiary/aromatic N) is 2. The molecular formula is C21H33IN4O2S. The Balaban J connectivity index is 0.00000240. The van der Waals surface area contributed by atoms with Gasteiger partial charge in [-0.05, 0) is 30.7 Å². The number of rotatable bonds is 6. The molecule has 3 aliphatic rings. The highest BCUT2D eigenvalue weighted by atomic mass is 127. The van der Waals surface area contributed by atoms with E-state index in [1.54, 1.807) is 0 Å². The van der Waals surface area contributed by atoms with Crippen LogP contribution in [0.15, 0.2) is 29.3 Å². The van der Waals surface area contributed by atoms with Gasteiger partial charge in [-0.25, -0.2) is 0 Å². The molecule has 2 N–H and O–H groups in total. The second kappa shape index (κ2) is 11.1. The number of ether oxygens (including phenoxy) is 2. The SMILES string of the molecule is CCNC(=NCC1(N2CCOCC2)CCSC1)NCC1Cc2ccccc2O1.I. The first-order chi connectivity index (χ1) is 13.8. The van der Waals surface area contributed by atoms with Crippen LogP contribution >= 0.6 is 35.7 Å². The smallest absolute Gasteiger partial charge is 0.191 e. The monoisotopic (exact) mass is 532 g/mol. The van der Waals surface area contributed by atoms with Crippen molar-refractivity contribution in [2.75, 3.05) is 57.4 Å². The summed E-state index contributed by atoms with van der Waals surface area (Å²) in [5.41, 5.74) is 1.47. The Kier molecular flexibility index (Phi) is 8.76. The molecule has 162 valence electrons. The van der Waals surface area contributed by atoms with Gasteiger partial charge in [0.05, 0.1) is 31.8 Å². The van der Waals surface area contributed by atoms with E-state index in [-0.39, 0.29) is 35.6 Å². The number of hydrogen-bond donors (Lipinski definition) is 2. The number of halogens is 1. The van der Waals surface area contributed by atoms with Crippen LogP contribution in [-0.4, -0.2) is 79.9 Å². The van der Waals surface area contributed by atoms with Crippen molar-refractivity contribution in [3.63, 3.8) is 0 Å². The molecule has 1 aromatic rings. The van der Waals surface area contributed by atoms with E-state index < -0.39 is 0 Å². The molecule has 0 saturated carbocycles. The molecule has 3 heterocycles. The Labute approximate surface area is 195 Å². The van der Waals surface area contributed by atoms with Crippen LogP contribution in [-0.2, 0) is 11.2 Å². The van der Waals surface area contributed by atoms with Crippen molar-refractivity contribution in [3.05, 3.63) is 29.8 Å². The lowest BCUT2D eigenvalue weighted by Gasteiger charge is -2.42. The van der Waals surface area contributed by atoms with Crippen molar-refractivity contribution < 1.29 is 9.47 Å². The van der Waals surface area contributed by atoms with E-state index in [0.29, 0.717) is 0 Å². The molecule has 8 heteroatoms. The van der Waals surface area contributed by atoms with Crippen LogP contribution in [0.4, 0.5) is 0 Å². The summed E-state index contributed by atoms with van der Waals surface area (Å²) in [5, 5.41) is 6.91. The van der Waals surface area contributed by atoms with Crippen LogP contribution < -0.4 is 15.4 Å². The highest BCUT2D eigenvalue weighted by Crippen LogP contribution is 2.34. The summed E-state index contributed by atoms with van der Waals surface area (Å²) in [7, 11) is 0. The Hall–Kier alpha value is -0.710. The third-order valence-corrected chi connectivity index (χ3v) is 7.09. The molecular weight excluding hydrogens is 499 g/mol. The number of fused-ring (bicyclic) bond motifs is 1. The predicted molar refractivity (Wildman–Crippen MR) is 131 cm³/mol. The van der Waals surface area contributed by atoms with Crippen LogP contribution in [0, 0.1) is 0 Å². The van der Waals surface area contributed by atoms with Gasteiger partial charge in [0.25, 0.3) is 0 Å². The second-order valence-corrected chi connectivity index (χ2v) is 8.86. The zero-order chi connectivity index (χ0) is 19.2. The molecule has 0 bridgehead atoms. The molecule has 29 heavy (non-hydrogen) atoms. The molecule has 0 aliphatic carbocycles. The maximum absolute atomic E-state index is 6.06. The van der Waals surface area contributed by atoms with Gasteiger partial charge in [-0.2, -0.15) is 11.8 Å². The summed E-state index contributed by atoms with van der Waals surface area (Å²) in [6, 6.07) is 8.32. The fraction of sp³-hybridized carbons (Fsp3) is 0.667. The van der Waals surface area contributed by atoms with Crippen LogP contribution in [0.3, 0.4) is 0 Å². The normalized spacial score (nSPS) is 27.1. The standard InChI is InChI=1S/C21H32N4O2S.HI/c1-2-22-20(23-14-18-13-17-5-3-4-6-19(17)27-18)24-15-21(7-12-28-16-21)25-8-10-26-11-9-25;/h3-6,18H,2,7-16H2,1H3,(H2,22,23,24);1H. The van der Waals surface area contributed by atoms with Gasteiger partial charge in [-0.1, -0.05) is 18.2 Å². The van der Waals surface area contributed by atoms with E-state index in [4.69, 9.17) is 14.5 Å². The zero-order valence-corrected chi connectivity index (χ0v) is 20.3. The minimum atomic E-state index is 0. The number of para-hydroxylation sites is 1. The number of benzene rings is 1. The lowest BCUT2D eigenvalue weighted by Crippen LogP contribution is -2.56. The minimum absolute atomic E-state index is 0. The number of morpholine rings is 1. The van der Waals surface area contributed by atoms with E-state index in [0.717, 1.165) is 69.8 Å². The third-order valence-electron chi connectivity index (χ3n) is 5.85. The first-order valence-electron chi connectivity index (χ1n) is 10.5. The maximum Gasteiger partial charge on any atom is 0.191 e. The van der Waals surface area contributed by atoms with E-state index in [1.807, 2.05) is 6.07 Å². The fourth-order valence-electron chi connectivity index (χ4n) is 4.25. The minimum Gasteiger partial charge on any atom is -0.488 e. The summed E-state index contributed by atoms with van der Waals surface area (Å²) in [6.07, 6.45) is 2.33. The van der Waals surface area contributed by atoms with Crippen molar-refractivity contribution in [3.8, 4) is 5.75 Å². The van der Waals surface area contributed by atoms with Crippen molar-refractivity contribution in [2.45, 2.75) is 31.4 Å². The van der Waals surface area contributed by atoms with Crippen molar-refractivity contribution >= 4 is 41.7 Å². The first-order valence-corrected chi connectivity index (χ1v) is 11.6. The highest BCUT2D eigenvalue weighted by Gasteiger charge is 2.40. The van der Waals surface area contributed by atoms with Gasteiger partial charge in [0.2, 0.25) is 0 Å². The molecule has 0 radical (unpaired) electrons. The molecule has 2 unspecified atom stereocenters. The van der Waals surface area contributed by atoms with Crippen molar-refractivity contribution in [1.82, 2.24) is 15.5 Å². The third kappa shape index (κ3) is 5.71. The van der Waals surface area contributed by atoms with E-state index >= 15 is 0 Å². The van der Waals surface area contributed by atoms with E-state index in [1.165, 1.54) is 17.7 Å². The lowest BCUT2D eigenvalue weighted by atomic mass is 9.96. The van der Waals surface area contributed by atoms with Crippen LogP contribution in [0.1, 0.15) is 18.9 Å². The molecule has 4 rings (SSSR count). The average molecular weight is 532 g/mol. The van der Waals surface area contributed by atoms with E-state index in [9.17, 15) is 0 Å². The quantitative estimate of drug-likeness (QED) is 0.334. The largest absolute Gasteiger partial charge is 0.488 e. The molecule has 0 amide bonds. The highest BCUT2D eigenvalue weighted by molar-refractivity contribution is 14.0. The van der Waals surface area contributed by atoms with Crippen LogP contribution in [0.5, 0.6) is 5.75 Å². The topological polar surface area (TPSA) is 58.1 Å². The number of thioether (sulfide) groups is 1. The molecule has 2 atom stereocenters. The first kappa shape index (κ1) is 23.0. The Morgan fingerprint density at radius 2 is 2.10 bits per heavy atom. The Morgan fingerprint density at radius 3 is 2.83 bits per heavy atom. The number of nitrogens with one attached hydrogen (secondary N) is 2. The number of aliphatic imine (C=N–C) groups is 1. The van der Waals surface area contributed by atoms with Crippen LogP contribution in [0.25, 0.3) is 0 Å².